The molecule has 0 saturated heterocycles. The number of benzene rings is 1. The van der Waals surface area contributed by atoms with Crippen molar-refractivity contribution in [2.45, 2.75) is 6.92 Å². The fourth-order valence-corrected chi connectivity index (χ4v) is 1.72. The highest BCUT2D eigenvalue weighted by molar-refractivity contribution is 6.05. The molecule has 1 aromatic heterocycles. The number of hydrogen-bond donors (Lipinski definition) is 1. The lowest BCUT2D eigenvalue weighted by Gasteiger charge is -2.17. The van der Waals surface area contributed by atoms with E-state index >= 15 is 0 Å². The van der Waals surface area contributed by atoms with Gasteiger partial charge < -0.3 is 9.88 Å². The van der Waals surface area contributed by atoms with Gasteiger partial charge in [0.1, 0.15) is 5.56 Å². The number of nitrogens with one attached hydrogen (secondary N) is 1. The molecule has 1 heterocycles. The second kappa shape index (κ2) is 4.87. The van der Waals surface area contributed by atoms with Crippen LogP contribution in [-0.2, 0) is 0 Å². The summed E-state index contributed by atoms with van der Waals surface area (Å²) >= 11 is 0. The molecule has 92 valence electrons. The van der Waals surface area contributed by atoms with E-state index in [9.17, 15) is 9.59 Å². The molecule has 2 aromatic rings. The van der Waals surface area contributed by atoms with Crippen LogP contribution in [0.25, 0.3) is 0 Å². The van der Waals surface area contributed by atoms with Gasteiger partial charge in [0.05, 0.1) is 0 Å². The molecule has 0 aliphatic carbocycles. The largest absolute Gasteiger partial charge is 0.367 e. The van der Waals surface area contributed by atoms with Crippen molar-refractivity contribution in [1.82, 2.24) is 4.98 Å². The number of rotatable bonds is 2. The molecule has 18 heavy (non-hydrogen) atoms. The first-order valence-electron chi connectivity index (χ1n) is 5.61. The van der Waals surface area contributed by atoms with Gasteiger partial charge >= 0.3 is 0 Å². The minimum absolute atomic E-state index is 0.140. The van der Waals surface area contributed by atoms with Crippen LogP contribution < -0.4 is 10.3 Å². The predicted octanol–water partition coefficient (Wildman–Crippen LogP) is 1.96. The average molecular weight is 242 g/mol. The molecule has 0 aliphatic heterocycles. The third-order valence-corrected chi connectivity index (χ3v) is 2.75. The second-order valence-electron chi connectivity index (χ2n) is 4.13. The summed E-state index contributed by atoms with van der Waals surface area (Å²) in [6, 6.07) is 8.91. The van der Waals surface area contributed by atoms with Crippen LogP contribution in [0.2, 0.25) is 0 Å². The number of anilines is 1. The number of amides is 1. The van der Waals surface area contributed by atoms with Crippen molar-refractivity contribution >= 4 is 11.6 Å². The number of pyridine rings is 1. The molecule has 0 bridgehead atoms. The van der Waals surface area contributed by atoms with Gasteiger partial charge in [-0.15, -0.1) is 0 Å². The normalized spacial score (nSPS) is 10.1. The minimum Gasteiger partial charge on any atom is -0.367 e. The summed E-state index contributed by atoms with van der Waals surface area (Å²) in [5.41, 5.74) is 1.69. The van der Waals surface area contributed by atoms with Gasteiger partial charge in [-0.25, -0.2) is 0 Å². The first kappa shape index (κ1) is 12.1. The maximum absolute atomic E-state index is 12.2. The number of aromatic nitrogens is 1. The number of H-pyrrole nitrogens is 1. The van der Waals surface area contributed by atoms with Crippen LogP contribution >= 0.6 is 0 Å². The van der Waals surface area contributed by atoms with Crippen LogP contribution in [-0.4, -0.2) is 17.9 Å². The van der Waals surface area contributed by atoms with Crippen LogP contribution in [0.5, 0.6) is 0 Å². The third kappa shape index (κ3) is 2.32. The van der Waals surface area contributed by atoms with Crippen molar-refractivity contribution in [3.05, 3.63) is 64.1 Å². The van der Waals surface area contributed by atoms with Gasteiger partial charge in [0.15, 0.2) is 5.43 Å². The van der Waals surface area contributed by atoms with E-state index in [0.29, 0.717) is 0 Å². The van der Waals surface area contributed by atoms with E-state index < -0.39 is 0 Å². The molecule has 4 heteroatoms. The van der Waals surface area contributed by atoms with Crippen molar-refractivity contribution < 1.29 is 4.79 Å². The molecule has 0 aliphatic rings. The molecule has 0 fully saturated rings. The highest BCUT2D eigenvalue weighted by Gasteiger charge is 2.16. The van der Waals surface area contributed by atoms with Gasteiger partial charge in [-0.1, -0.05) is 12.1 Å². The Morgan fingerprint density at radius 1 is 1.28 bits per heavy atom. The zero-order valence-electron chi connectivity index (χ0n) is 10.3. The van der Waals surface area contributed by atoms with Crippen LogP contribution in [0.4, 0.5) is 5.69 Å². The average Bonchev–Trinajstić information content (AvgIpc) is 2.37. The first-order chi connectivity index (χ1) is 8.59. The Hall–Kier alpha value is -2.36. The predicted molar refractivity (Wildman–Crippen MR) is 71.0 cm³/mol. The van der Waals surface area contributed by atoms with Gasteiger partial charge in [-0.3, -0.25) is 9.59 Å². The Morgan fingerprint density at radius 2 is 2.06 bits per heavy atom. The molecule has 2 rings (SSSR count). The number of carbonyl (C=O) groups excluding carboxylic acids is 1. The van der Waals surface area contributed by atoms with Gasteiger partial charge in [0.2, 0.25) is 0 Å². The molecule has 0 unspecified atom stereocenters. The Labute approximate surface area is 105 Å². The standard InChI is InChI=1S/C14H14N2O2/c1-10-4-3-5-11(8-10)16(2)14(18)12-9-15-7-6-13(12)17/h3-9H,1-2H3,(H,15,17). The summed E-state index contributed by atoms with van der Waals surface area (Å²) in [5.74, 6) is -0.317. The smallest absolute Gasteiger partial charge is 0.263 e. The Morgan fingerprint density at radius 3 is 2.72 bits per heavy atom. The van der Waals surface area contributed by atoms with Crippen molar-refractivity contribution in [3.8, 4) is 0 Å². The highest BCUT2D eigenvalue weighted by atomic mass is 16.2. The summed E-state index contributed by atoms with van der Waals surface area (Å²) in [4.78, 5) is 28.0. The van der Waals surface area contributed by atoms with E-state index in [0.717, 1.165) is 11.3 Å². The van der Waals surface area contributed by atoms with Crippen molar-refractivity contribution in [2.75, 3.05) is 11.9 Å². The van der Waals surface area contributed by atoms with E-state index in [1.54, 1.807) is 7.05 Å². The lowest BCUT2D eigenvalue weighted by molar-refractivity contribution is 0.0991. The molecule has 0 atom stereocenters. The fourth-order valence-electron chi connectivity index (χ4n) is 1.72. The van der Waals surface area contributed by atoms with E-state index in [1.165, 1.54) is 23.4 Å². The Bertz CT molecular complexity index is 631. The third-order valence-electron chi connectivity index (χ3n) is 2.75. The number of carbonyl (C=O) groups is 1. The maximum atomic E-state index is 12.2. The minimum atomic E-state index is -0.317. The van der Waals surface area contributed by atoms with Crippen LogP contribution in [0, 0.1) is 6.92 Å². The molecule has 1 N–H and O–H groups in total. The van der Waals surface area contributed by atoms with Gasteiger partial charge in [-0.2, -0.15) is 0 Å². The molecule has 0 spiro atoms. The SMILES string of the molecule is Cc1cccc(N(C)C(=O)c2c[nH]ccc2=O)c1. The fraction of sp³-hybridized carbons (Fsp3) is 0.143. The molecule has 0 radical (unpaired) electrons. The summed E-state index contributed by atoms with van der Waals surface area (Å²) in [6.07, 6.45) is 2.93. The molecular weight excluding hydrogens is 228 g/mol. The molecule has 0 saturated carbocycles. The molecule has 4 nitrogen and oxygen atoms in total. The van der Waals surface area contributed by atoms with E-state index in [1.807, 2.05) is 31.2 Å². The molecule has 1 aromatic carbocycles. The van der Waals surface area contributed by atoms with Gasteiger partial charge in [0, 0.05) is 31.2 Å². The van der Waals surface area contributed by atoms with Gasteiger partial charge in [-0.05, 0) is 24.6 Å². The van der Waals surface area contributed by atoms with E-state index in [2.05, 4.69) is 4.98 Å². The number of hydrogen-bond acceptors (Lipinski definition) is 2. The quantitative estimate of drug-likeness (QED) is 0.875. The van der Waals surface area contributed by atoms with Crippen molar-refractivity contribution in [2.24, 2.45) is 0 Å². The second-order valence-corrected chi connectivity index (χ2v) is 4.13. The van der Waals surface area contributed by atoms with Gasteiger partial charge in [0.25, 0.3) is 5.91 Å². The zero-order chi connectivity index (χ0) is 13.1. The van der Waals surface area contributed by atoms with E-state index in [-0.39, 0.29) is 16.9 Å². The number of aromatic amines is 1. The molecular formula is C14H14N2O2. The Kier molecular flexibility index (Phi) is 3.28. The van der Waals surface area contributed by atoms with Crippen LogP contribution in [0.1, 0.15) is 15.9 Å². The highest BCUT2D eigenvalue weighted by Crippen LogP contribution is 2.15. The maximum Gasteiger partial charge on any atom is 0.263 e. The number of nitrogens with zero attached hydrogens (tertiary/aromatic N) is 1. The lowest BCUT2D eigenvalue weighted by atomic mass is 10.2. The summed E-state index contributed by atoms with van der Waals surface area (Å²) in [6.45, 7) is 1.96. The summed E-state index contributed by atoms with van der Waals surface area (Å²) < 4.78 is 0. The zero-order valence-corrected chi connectivity index (χ0v) is 10.3. The Balaban J connectivity index is 2.35. The van der Waals surface area contributed by atoms with Crippen molar-refractivity contribution in [1.29, 1.82) is 0 Å². The topological polar surface area (TPSA) is 53.2 Å². The van der Waals surface area contributed by atoms with Crippen LogP contribution in [0.15, 0.2) is 47.5 Å². The van der Waals surface area contributed by atoms with Crippen molar-refractivity contribution in [3.63, 3.8) is 0 Å². The first-order valence-corrected chi connectivity index (χ1v) is 5.61. The monoisotopic (exact) mass is 242 g/mol. The summed E-state index contributed by atoms with van der Waals surface area (Å²) in [7, 11) is 1.66. The number of aryl methyl sites for hydroxylation is 1. The lowest BCUT2D eigenvalue weighted by Crippen LogP contribution is -2.30. The molecule has 1 amide bonds. The van der Waals surface area contributed by atoms with E-state index in [4.69, 9.17) is 0 Å². The summed E-state index contributed by atoms with van der Waals surface area (Å²) in [5, 5.41) is 0. The van der Waals surface area contributed by atoms with Crippen LogP contribution in [0.3, 0.4) is 0 Å².